The molecule has 3 heteroatoms. The van der Waals surface area contributed by atoms with E-state index in [0.29, 0.717) is 6.42 Å². The van der Waals surface area contributed by atoms with Crippen molar-refractivity contribution in [3.05, 3.63) is 0 Å². The van der Waals surface area contributed by atoms with Crippen molar-refractivity contribution in [1.29, 1.82) is 0 Å². The lowest BCUT2D eigenvalue weighted by Gasteiger charge is -2.31. The van der Waals surface area contributed by atoms with Gasteiger partial charge in [-0.2, -0.15) is 0 Å². The maximum Gasteiger partial charge on any atom is 0.0783 e. The molecule has 0 amide bonds. The molecule has 0 bridgehead atoms. The van der Waals surface area contributed by atoms with Crippen molar-refractivity contribution >= 4 is 0 Å². The molecule has 1 fully saturated rings. The van der Waals surface area contributed by atoms with Crippen molar-refractivity contribution in [1.82, 2.24) is 4.90 Å². The van der Waals surface area contributed by atoms with Gasteiger partial charge in [0.25, 0.3) is 0 Å². The van der Waals surface area contributed by atoms with Crippen LogP contribution in [0.4, 0.5) is 0 Å². The van der Waals surface area contributed by atoms with E-state index in [1.54, 1.807) is 0 Å². The summed E-state index contributed by atoms with van der Waals surface area (Å²) in [5.74, 6) is 0. The largest absolute Gasteiger partial charge is 0.394 e. The predicted molar refractivity (Wildman–Crippen MR) is 38.8 cm³/mol. The molecule has 10 heavy (non-hydrogen) atoms. The Morgan fingerprint density at radius 2 is 2.10 bits per heavy atom. The van der Waals surface area contributed by atoms with Crippen molar-refractivity contribution in [2.24, 2.45) is 0 Å². The fraction of sp³-hybridized carbons (Fsp3) is 1.00. The van der Waals surface area contributed by atoms with Gasteiger partial charge in [-0.1, -0.05) is 0 Å². The Hall–Kier alpha value is -0.120. The Morgan fingerprint density at radius 3 is 2.50 bits per heavy atom. The van der Waals surface area contributed by atoms with E-state index < -0.39 is 6.10 Å². The lowest BCUT2D eigenvalue weighted by molar-refractivity contribution is 0.0677. The van der Waals surface area contributed by atoms with E-state index >= 15 is 0 Å². The first-order chi connectivity index (χ1) is 4.83. The Balaban J connectivity index is 1.93. The molecule has 1 aliphatic rings. The summed E-state index contributed by atoms with van der Waals surface area (Å²) in [5.41, 5.74) is 0. The number of hydrogen-bond donors (Lipinski definition) is 2. The van der Waals surface area contributed by atoms with Crippen molar-refractivity contribution < 1.29 is 10.2 Å². The fourth-order valence-corrected chi connectivity index (χ4v) is 1.03. The molecule has 0 saturated carbocycles. The zero-order valence-corrected chi connectivity index (χ0v) is 6.16. The molecule has 0 aromatic carbocycles. The predicted octanol–water partition coefficient (Wildman–Crippen LogP) is -0.565. The van der Waals surface area contributed by atoms with E-state index in [1.807, 2.05) is 0 Å². The van der Waals surface area contributed by atoms with Gasteiger partial charge in [-0.15, -0.1) is 0 Å². The van der Waals surface area contributed by atoms with Gasteiger partial charge in [0.15, 0.2) is 0 Å². The van der Waals surface area contributed by atoms with Gasteiger partial charge in [0.1, 0.15) is 0 Å². The number of aliphatic hydroxyl groups is 2. The van der Waals surface area contributed by atoms with Crippen molar-refractivity contribution in [2.75, 3.05) is 26.2 Å². The average molecular weight is 145 g/mol. The van der Waals surface area contributed by atoms with Crippen LogP contribution in [0.15, 0.2) is 0 Å². The molecule has 1 unspecified atom stereocenters. The summed E-state index contributed by atoms with van der Waals surface area (Å²) in [6.07, 6.45) is 1.48. The van der Waals surface area contributed by atoms with Crippen LogP contribution in [-0.4, -0.2) is 47.5 Å². The summed E-state index contributed by atoms with van der Waals surface area (Å²) in [4.78, 5) is 2.28. The van der Waals surface area contributed by atoms with Crippen LogP contribution in [0.5, 0.6) is 0 Å². The van der Waals surface area contributed by atoms with E-state index in [2.05, 4.69) is 4.90 Å². The van der Waals surface area contributed by atoms with Crippen LogP contribution < -0.4 is 0 Å². The van der Waals surface area contributed by atoms with E-state index in [1.165, 1.54) is 6.42 Å². The summed E-state index contributed by atoms with van der Waals surface area (Å²) in [6, 6.07) is 0. The van der Waals surface area contributed by atoms with Crippen LogP contribution >= 0.6 is 0 Å². The highest BCUT2D eigenvalue weighted by Crippen LogP contribution is 2.06. The maximum atomic E-state index is 8.95. The Morgan fingerprint density at radius 1 is 1.40 bits per heavy atom. The number of rotatable bonds is 4. The summed E-state index contributed by atoms with van der Waals surface area (Å²) >= 11 is 0. The maximum absolute atomic E-state index is 8.95. The van der Waals surface area contributed by atoms with Crippen LogP contribution in [0.2, 0.25) is 0 Å². The fourth-order valence-electron chi connectivity index (χ4n) is 1.03. The SMILES string of the molecule is OCC(O)CCN1CCC1. The lowest BCUT2D eigenvalue weighted by Crippen LogP contribution is -2.39. The molecule has 1 saturated heterocycles. The molecule has 2 N–H and O–H groups in total. The second-order valence-corrected chi connectivity index (χ2v) is 2.82. The number of nitrogens with zero attached hydrogens (tertiary/aromatic N) is 1. The molecule has 0 aromatic heterocycles. The molecule has 1 rings (SSSR count). The van der Waals surface area contributed by atoms with E-state index in [9.17, 15) is 0 Å². The molecular formula is C7H15NO2. The number of likely N-dealkylation sites (tertiary alicyclic amines) is 1. The Bertz CT molecular complexity index is 88.9. The highest BCUT2D eigenvalue weighted by atomic mass is 16.3. The van der Waals surface area contributed by atoms with Gasteiger partial charge in [0.05, 0.1) is 12.7 Å². The third kappa shape index (κ3) is 2.25. The van der Waals surface area contributed by atoms with Crippen molar-refractivity contribution in [3.8, 4) is 0 Å². The van der Waals surface area contributed by atoms with Gasteiger partial charge in [0, 0.05) is 6.54 Å². The van der Waals surface area contributed by atoms with E-state index in [-0.39, 0.29) is 6.61 Å². The lowest BCUT2D eigenvalue weighted by atomic mass is 10.2. The minimum atomic E-state index is -0.513. The summed E-state index contributed by atoms with van der Waals surface area (Å²) in [7, 11) is 0. The smallest absolute Gasteiger partial charge is 0.0783 e. The zero-order valence-electron chi connectivity index (χ0n) is 6.16. The van der Waals surface area contributed by atoms with Crippen molar-refractivity contribution in [2.45, 2.75) is 18.9 Å². The molecule has 3 nitrogen and oxygen atoms in total. The first-order valence-electron chi connectivity index (χ1n) is 3.84. The monoisotopic (exact) mass is 145 g/mol. The van der Waals surface area contributed by atoms with Crippen molar-refractivity contribution in [3.63, 3.8) is 0 Å². The zero-order chi connectivity index (χ0) is 7.40. The topological polar surface area (TPSA) is 43.7 Å². The highest BCUT2D eigenvalue weighted by molar-refractivity contribution is 4.69. The van der Waals surface area contributed by atoms with E-state index in [4.69, 9.17) is 10.2 Å². The molecule has 1 heterocycles. The minimum absolute atomic E-state index is 0.103. The quantitative estimate of drug-likeness (QED) is 0.557. The molecule has 0 radical (unpaired) electrons. The van der Waals surface area contributed by atoms with Crippen LogP contribution in [0.1, 0.15) is 12.8 Å². The van der Waals surface area contributed by atoms with Gasteiger partial charge in [-0.05, 0) is 25.9 Å². The van der Waals surface area contributed by atoms with Crippen LogP contribution in [0.3, 0.4) is 0 Å². The van der Waals surface area contributed by atoms with Gasteiger partial charge >= 0.3 is 0 Å². The normalized spacial score (nSPS) is 22.2. The molecule has 60 valence electrons. The molecule has 0 aliphatic carbocycles. The summed E-state index contributed by atoms with van der Waals surface area (Å²) < 4.78 is 0. The standard InChI is InChI=1S/C7H15NO2/c9-6-7(10)2-5-8-3-1-4-8/h7,9-10H,1-6H2. The molecule has 1 aliphatic heterocycles. The van der Waals surface area contributed by atoms with Crippen LogP contribution in [0.25, 0.3) is 0 Å². The van der Waals surface area contributed by atoms with Gasteiger partial charge < -0.3 is 15.1 Å². The minimum Gasteiger partial charge on any atom is -0.394 e. The molecule has 1 atom stereocenters. The second-order valence-electron chi connectivity index (χ2n) is 2.82. The summed E-state index contributed by atoms with van der Waals surface area (Å²) in [5, 5.41) is 17.4. The van der Waals surface area contributed by atoms with Crippen LogP contribution in [0, 0.1) is 0 Å². The van der Waals surface area contributed by atoms with Gasteiger partial charge in [-0.25, -0.2) is 0 Å². The van der Waals surface area contributed by atoms with Gasteiger partial charge in [-0.3, -0.25) is 0 Å². The molecular weight excluding hydrogens is 130 g/mol. The first kappa shape index (κ1) is 7.98. The number of hydrogen-bond acceptors (Lipinski definition) is 3. The second kappa shape index (κ2) is 3.91. The third-order valence-electron chi connectivity index (χ3n) is 1.94. The molecule has 0 aromatic rings. The van der Waals surface area contributed by atoms with Gasteiger partial charge in [0.2, 0.25) is 0 Å². The Kier molecular flexibility index (Phi) is 3.12. The van der Waals surface area contributed by atoms with E-state index in [0.717, 1.165) is 19.6 Å². The van der Waals surface area contributed by atoms with Crippen LogP contribution in [-0.2, 0) is 0 Å². The average Bonchev–Trinajstić information content (AvgIpc) is 1.84. The number of aliphatic hydroxyl groups excluding tert-OH is 2. The Labute approximate surface area is 61.3 Å². The molecule has 0 spiro atoms. The highest BCUT2D eigenvalue weighted by Gasteiger charge is 2.14. The third-order valence-corrected chi connectivity index (χ3v) is 1.94. The first-order valence-corrected chi connectivity index (χ1v) is 3.84. The summed E-state index contributed by atoms with van der Waals surface area (Å²) in [6.45, 7) is 3.16.